The third kappa shape index (κ3) is 2.00. The van der Waals surface area contributed by atoms with Gasteiger partial charge < -0.3 is 4.74 Å². The number of benzene rings is 1. The lowest BCUT2D eigenvalue weighted by Gasteiger charge is -2.12. The summed E-state index contributed by atoms with van der Waals surface area (Å²) in [6.07, 6.45) is 2.89. The summed E-state index contributed by atoms with van der Waals surface area (Å²) in [5.41, 5.74) is 2.82. The number of rotatable bonds is 2. The minimum atomic E-state index is -0.171. The van der Waals surface area contributed by atoms with E-state index in [2.05, 4.69) is 4.98 Å². The average Bonchev–Trinajstić information content (AvgIpc) is 2.89. The first-order valence-electron chi connectivity index (χ1n) is 6.22. The van der Waals surface area contributed by atoms with Crippen LogP contribution in [0.2, 0.25) is 0 Å². The number of aromatic amines is 1. The van der Waals surface area contributed by atoms with Crippen LogP contribution in [0.3, 0.4) is 0 Å². The van der Waals surface area contributed by atoms with Crippen LogP contribution in [0, 0.1) is 4.64 Å². The third-order valence-corrected chi connectivity index (χ3v) is 3.84. The number of nitrogens with zero attached hydrogens (tertiary/aromatic N) is 1. The minimum absolute atomic E-state index is 0.171. The van der Waals surface area contributed by atoms with Gasteiger partial charge in [-0.1, -0.05) is 12.2 Å². The summed E-state index contributed by atoms with van der Waals surface area (Å²) in [6, 6.07) is 7.47. The first kappa shape index (κ1) is 12.2. The van der Waals surface area contributed by atoms with E-state index in [0.29, 0.717) is 4.64 Å². The molecular weight excluding hydrogens is 260 g/mol. The molecule has 0 unspecified atom stereocenters. The molecule has 2 aromatic rings. The Kier molecular flexibility index (Phi) is 2.98. The van der Waals surface area contributed by atoms with E-state index >= 15 is 0 Å². The van der Waals surface area contributed by atoms with E-state index in [0.717, 1.165) is 42.0 Å². The molecule has 1 aliphatic rings. The largest absolute Gasteiger partial charge is 0.497 e. The van der Waals surface area contributed by atoms with Gasteiger partial charge in [0.25, 0.3) is 0 Å². The summed E-state index contributed by atoms with van der Waals surface area (Å²) in [4.78, 5) is 14.9. The van der Waals surface area contributed by atoms with Crippen molar-refractivity contribution in [3.05, 3.63) is 50.6 Å². The van der Waals surface area contributed by atoms with E-state index in [4.69, 9.17) is 17.0 Å². The van der Waals surface area contributed by atoms with Crippen molar-refractivity contribution >= 4 is 12.2 Å². The molecule has 0 spiro atoms. The van der Waals surface area contributed by atoms with Crippen LogP contribution in [0.5, 0.6) is 5.75 Å². The molecule has 4 nitrogen and oxygen atoms in total. The second-order valence-corrected chi connectivity index (χ2v) is 4.98. The number of nitrogens with one attached hydrogen (secondary N) is 1. The Morgan fingerprint density at radius 1 is 1.26 bits per heavy atom. The molecular formula is C14H14N2O2S. The summed E-state index contributed by atoms with van der Waals surface area (Å²) in [5.74, 6) is 0.775. The molecule has 0 saturated carbocycles. The number of hydrogen-bond donors (Lipinski definition) is 1. The highest BCUT2D eigenvalue weighted by molar-refractivity contribution is 7.71. The standard InChI is InChI=1S/C14H14N2O2S/c1-18-10-7-5-9(6-8-10)16-12-4-2-3-11(12)13(19)15-14(16)17/h5-8H,2-4H2,1H3,(H,15,17,19). The Morgan fingerprint density at radius 2 is 2.00 bits per heavy atom. The molecule has 5 heteroatoms. The Morgan fingerprint density at radius 3 is 2.68 bits per heavy atom. The molecule has 0 aliphatic heterocycles. The highest BCUT2D eigenvalue weighted by Crippen LogP contribution is 2.23. The number of aromatic nitrogens is 2. The van der Waals surface area contributed by atoms with Crippen molar-refractivity contribution in [3.63, 3.8) is 0 Å². The topological polar surface area (TPSA) is 47.0 Å². The first-order chi connectivity index (χ1) is 9.20. The Balaban J connectivity index is 2.22. The van der Waals surface area contributed by atoms with Gasteiger partial charge in [0, 0.05) is 11.3 Å². The van der Waals surface area contributed by atoms with Crippen molar-refractivity contribution in [3.8, 4) is 11.4 Å². The van der Waals surface area contributed by atoms with Crippen molar-refractivity contribution in [2.24, 2.45) is 0 Å². The third-order valence-electron chi connectivity index (χ3n) is 3.49. The van der Waals surface area contributed by atoms with E-state index in [1.54, 1.807) is 11.7 Å². The predicted octanol–water partition coefficient (Wildman–Crippen LogP) is 2.39. The number of fused-ring (bicyclic) bond motifs is 1. The lowest BCUT2D eigenvalue weighted by atomic mass is 10.2. The molecule has 1 heterocycles. The van der Waals surface area contributed by atoms with E-state index in [9.17, 15) is 4.79 Å². The second kappa shape index (κ2) is 4.66. The van der Waals surface area contributed by atoms with Gasteiger partial charge in [0.1, 0.15) is 10.4 Å². The van der Waals surface area contributed by atoms with Crippen LogP contribution in [0.25, 0.3) is 5.69 Å². The summed E-state index contributed by atoms with van der Waals surface area (Å²) >= 11 is 5.23. The number of ether oxygens (including phenoxy) is 1. The van der Waals surface area contributed by atoms with Crippen molar-refractivity contribution < 1.29 is 4.74 Å². The van der Waals surface area contributed by atoms with Gasteiger partial charge >= 0.3 is 5.69 Å². The van der Waals surface area contributed by atoms with Crippen LogP contribution in [0.4, 0.5) is 0 Å². The molecule has 0 amide bonds. The zero-order chi connectivity index (χ0) is 13.4. The molecule has 98 valence electrons. The van der Waals surface area contributed by atoms with Crippen molar-refractivity contribution in [2.75, 3.05) is 7.11 Å². The average molecular weight is 274 g/mol. The molecule has 0 saturated heterocycles. The highest BCUT2D eigenvalue weighted by atomic mass is 32.1. The molecule has 0 bridgehead atoms. The molecule has 1 aromatic carbocycles. The van der Waals surface area contributed by atoms with Crippen LogP contribution in [0.1, 0.15) is 17.7 Å². The molecule has 0 fully saturated rings. The fourth-order valence-electron chi connectivity index (χ4n) is 2.57. The van der Waals surface area contributed by atoms with Gasteiger partial charge in [-0.25, -0.2) is 4.79 Å². The van der Waals surface area contributed by atoms with Crippen LogP contribution in [-0.4, -0.2) is 16.7 Å². The molecule has 1 aliphatic carbocycles. The Labute approximate surface area is 115 Å². The lowest BCUT2D eigenvalue weighted by Crippen LogP contribution is -2.25. The molecule has 0 radical (unpaired) electrons. The fourth-order valence-corrected chi connectivity index (χ4v) is 2.88. The quantitative estimate of drug-likeness (QED) is 0.855. The highest BCUT2D eigenvalue weighted by Gasteiger charge is 2.18. The number of methoxy groups -OCH3 is 1. The summed E-state index contributed by atoms with van der Waals surface area (Å²) in [6.45, 7) is 0. The van der Waals surface area contributed by atoms with E-state index in [-0.39, 0.29) is 5.69 Å². The van der Waals surface area contributed by atoms with E-state index < -0.39 is 0 Å². The van der Waals surface area contributed by atoms with E-state index in [1.807, 2.05) is 24.3 Å². The van der Waals surface area contributed by atoms with Crippen LogP contribution in [-0.2, 0) is 12.8 Å². The van der Waals surface area contributed by atoms with Crippen LogP contribution < -0.4 is 10.4 Å². The SMILES string of the molecule is COc1ccc(-n2c3c(c(=S)[nH]c2=O)CCC3)cc1. The van der Waals surface area contributed by atoms with E-state index in [1.165, 1.54) is 0 Å². The van der Waals surface area contributed by atoms with Gasteiger partial charge in [0.2, 0.25) is 0 Å². The maximum absolute atomic E-state index is 12.2. The number of H-pyrrole nitrogens is 1. The molecule has 3 rings (SSSR count). The molecule has 1 N–H and O–H groups in total. The van der Waals surface area contributed by atoms with Gasteiger partial charge in [-0.15, -0.1) is 0 Å². The van der Waals surface area contributed by atoms with Crippen molar-refractivity contribution in [1.82, 2.24) is 9.55 Å². The maximum Gasteiger partial charge on any atom is 0.331 e. The summed E-state index contributed by atoms with van der Waals surface area (Å²) < 4.78 is 7.44. The van der Waals surface area contributed by atoms with Gasteiger partial charge in [0.05, 0.1) is 12.8 Å². The van der Waals surface area contributed by atoms with Crippen molar-refractivity contribution in [2.45, 2.75) is 19.3 Å². The Bertz CT molecular complexity index is 729. The van der Waals surface area contributed by atoms with Gasteiger partial charge in [-0.3, -0.25) is 9.55 Å². The minimum Gasteiger partial charge on any atom is -0.497 e. The fraction of sp³-hybridized carbons (Fsp3) is 0.286. The predicted molar refractivity (Wildman–Crippen MR) is 75.8 cm³/mol. The Hall–Kier alpha value is -1.88. The number of hydrogen-bond acceptors (Lipinski definition) is 3. The van der Waals surface area contributed by atoms with Gasteiger partial charge in [0.15, 0.2) is 0 Å². The molecule has 1 aromatic heterocycles. The zero-order valence-electron chi connectivity index (χ0n) is 10.6. The summed E-state index contributed by atoms with van der Waals surface area (Å²) in [7, 11) is 1.62. The summed E-state index contributed by atoms with van der Waals surface area (Å²) in [5, 5.41) is 0. The molecule has 19 heavy (non-hydrogen) atoms. The smallest absolute Gasteiger partial charge is 0.331 e. The van der Waals surface area contributed by atoms with Crippen LogP contribution >= 0.6 is 12.2 Å². The zero-order valence-corrected chi connectivity index (χ0v) is 11.4. The van der Waals surface area contributed by atoms with Gasteiger partial charge in [-0.2, -0.15) is 0 Å². The molecule has 0 atom stereocenters. The van der Waals surface area contributed by atoms with Gasteiger partial charge in [-0.05, 0) is 43.5 Å². The normalized spacial score (nSPS) is 13.3. The lowest BCUT2D eigenvalue weighted by molar-refractivity contribution is 0.414. The first-order valence-corrected chi connectivity index (χ1v) is 6.63. The van der Waals surface area contributed by atoms with Crippen LogP contribution in [0.15, 0.2) is 29.1 Å². The maximum atomic E-state index is 12.2. The second-order valence-electron chi connectivity index (χ2n) is 4.57. The monoisotopic (exact) mass is 274 g/mol. The van der Waals surface area contributed by atoms with Crippen molar-refractivity contribution in [1.29, 1.82) is 0 Å².